The van der Waals surface area contributed by atoms with Gasteiger partial charge in [0, 0.05) is 13.2 Å². The molecule has 25 heavy (non-hydrogen) atoms. The quantitative estimate of drug-likeness (QED) is 0.756. The van der Waals surface area contributed by atoms with Gasteiger partial charge >= 0.3 is 5.97 Å². The summed E-state index contributed by atoms with van der Waals surface area (Å²) < 4.78 is 10.3. The molecule has 0 radical (unpaired) electrons. The predicted molar refractivity (Wildman–Crippen MR) is 93.4 cm³/mol. The van der Waals surface area contributed by atoms with Crippen LogP contribution in [-0.2, 0) is 9.47 Å². The van der Waals surface area contributed by atoms with Crippen molar-refractivity contribution in [2.45, 2.75) is 18.9 Å². The molecule has 1 aliphatic heterocycles. The number of nitrogens with zero attached hydrogens (tertiary/aromatic N) is 3. The zero-order valence-electron chi connectivity index (χ0n) is 13.7. The van der Waals surface area contributed by atoms with Gasteiger partial charge in [0.25, 0.3) is 0 Å². The van der Waals surface area contributed by atoms with Crippen molar-refractivity contribution < 1.29 is 14.3 Å². The summed E-state index contributed by atoms with van der Waals surface area (Å²) in [6, 6.07) is 4.76. The lowest BCUT2D eigenvalue weighted by Crippen LogP contribution is -2.19. The molecule has 8 nitrogen and oxygen atoms in total. The third kappa shape index (κ3) is 4.55. The number of ether oxygens (including phenoxy) is 2. The van der Waals surface area contributed by atoms with Gasteiger partial charge in [0.1, 0.15) is 0 Å². The number of carbonyl (C=O) groups is 1. The summed E-state index contributed by atoms with van der Waals surface area (Å²) in [5, 5.41) is 14.4. The SMILES string of the molecule is COC(=O)c1ccc(Cl)c(Nc2nncc(NCC3CCCO3)n2)c1. The molecule has 0 bridgehead atoms. The fourth-order valence-electron chi connectivity index (χ4n) is 2.45. The van der Waals surface area contributed by atoms with Gasteiger partial charge in [0.2, 0.25) is 5.95 Å². The largest absolute Gasteiger partial charge is 0.465 e. The normalized spacial score (nSPS) is 16.5. The number of anilines is 3. The first-order chi connectivity index (χ1) is 12.2. The first kappa shape index (κ1) is 17.4. The summed E-state index contributed by atoms with van der Waals surface area (Å²) in [7, 11) is 1.32. The minimum absolute atomic E-state index is 0.192. The monoisotopic (exact) mass is 363 g/mol. The number of benzene rings is 1. The number of nitrogens with one attached hydrogen (secondary N) is 2. The fourth-order valence-corrected chi connectivity index (χ4v) is 2.62. The number of halogens is 1. The third-order valence-corrected chi connectivity index (χ3v) is 4.06. The van der Waals surface area contributed by atoms with Gasteiger partial charge in [-0.1, -0.05) is 11.6 Å². The molecule has 1 aromatic heterocycles. The Kier molecular flexibility index (Phi) is 5.62. The van der Waals surface area contributed by atoms with Crippen LogP contribution >= 0.6 is 11.6 Å². The molecule has 0 aliphatic carbocycles. The van der Waals surface area contributed by atoms with Crippen LogP contribution in [0, 0.1) is 0 Å². The second-order valence-electron chi connectivity index (χ2n) is 5.49. The molecule has 2 heterocycles. The number of hydrogen-bond acceptors (Lipinski definition) is 8. The molecule has 132 valence electrons. The molecular weight excluding hydrogens is 346 g/mol. The highest BCUT2D eigenvalue weighted by Gasteiger charge is 2.15. The summed E-state index contributed by atoms with van der Waals surface area (Å²) in [5.74, 6) is 0.389. The maximum Gasteiger partial charge on any atom is 0.337 e. The number of carbonyl (C=O) groups excluding carboxylic acids is 1. The molecule has 0 spiro atoms. The van der Waals surface area contributed by atoms with Crippen LogP contribution in [0.2, 0.25) is 5.02 Å². The van der Waals surface area contributed by atoms with E-state index in [2.05, 4.69) is 25.8 Å². The zero-order valence-corrected chi connectivity index (χ0v) is 14.4. The van der Waals surface area contributed by atoms with Crippen molar-refractivity contribution in [3.05, 3.63) is 35.0 Å². The van der Waals surface area contributed by atoms with E-state index in [1.165, 1.54) is 13.3 Å². The van der Waals surface area contributed by atoms with Crippen molar-refractivity contribution in [3.63, 3.8) is 0 Å². The Morgan fingerprint density at radius 3 is 3.12 bits per heavy atom. The average Bonchev–Trinajstić information content (AvgIpc) is 3.15. The van der Waals surface area contributed by atoms with Gasteiger partial charge in [0.05, 0.1) is 35.7 Å². The minimum Gasteiger partial charge on any atom is -0.465 e. The topological polar surface area (TPSA) is 98.3 Å². The number of esters is 1. The van der Waals surface area contributed by atoms with Crippen LogP contribution in [0.15, 0.2) is 24.4 Å². The van der Waals surface area contributed by atoms with Crippen molar-refractivity contribution in [1.82, 2.24) is 15.2 Å². The number of methoxy groups -OCH3 is 1. The lowest BCUT2D eigenvalue weighted by molar-refractivity contribution is 0.0601. The summed E-state index contributed by atoms with van der Waals surface area (Å²) in [6.07, 6.45) is 3.84. The number of hydrogen-bond donors (Lipinski definition) is 2. The van der Waals surface area contributed by atoms with E-state index < -0.39 is 5.97 Å². The Morgan fingerprint density at radius 1 is 1.48 bits per heavy atom. The van der Waals surface area contributed by atoms with E-state index in [0.29, 0.717) is 28.6 Å². The van der Waals surface area contributed by atoms with E-state index in [4.69, 9.17) is 21.1 Å². The van der Waals surface area contributed by atoms with Crippen molar-refractivity contribution in [1.29, 1.82) is 0 Å². The van der Waals surface area contributed by atoms with E-state index in [0.717, 1.165) is 19.4 Å². The van der Waals surface area contributed by atoms with Crippen LogP contribution in [0.1, 0.15) is 23.2 Å². The molecule has 0 saturated carbocycles. The highest BCUT2D eigenvalue weighted by atomic mass is 35.5. The van der Waals surface area contributed by atoms with Crippen LogP contribution in [0.3, 0.4) is 0 Å². The maximum atomic E-state index is 11.6. The van der Waals surface area contributed by atoms with Crippen LogP contribution in [-0.4, -0.2) is 47.5 Å². The Balaban J connectivity index is 1.70. The summed E-state index contributed by atoms with van der Waals surface area (Å²) in [4.78, 5) is 16.0. The molecule has 1 aromatic carbocycles. The Morgan fingerprint density at radius 2 is 2.36 bits per heavy atom. The van der Waals surface area contributed by atoms with Crippen LogP contribution in [0.25, 0.3) is 0 Å². The van der Waals surface area contributed by atoms with Gasteiger partial charge in [-0.2, -0.15) is 10.1 Å². The molecule has 1 atom stereocenters. The molecular formula is C16H18ClN5O3. The molecule has 1 aliphatic rings. The lowest BCUT2D eigenvalue weighted by atomic mass is 10.2. The standard InChI is InChI=1S/C16H18ClN5O3/c1-24-15(23)10-4-5-12(17)13(7-10)20-16-21-14(9-19-22-16)18-8-11-3-2-6-25-11/h4-5,7,9,11H,2-3,6,8H2,1H3,(H2,18,20,21,22). The van der Waals surface area contributed by atoms with Crippen molar-refractivity contribution >= 4 is 35.0 Å². The highest BCUT2D eigenvalue weighted by Crippen LogP contribution is 2.25. The highest BCUT2D eigenvalue weighted by molar-refractivity contribution is 6.33. The molecule has 1 fully saturated rings. The zero-order chi connectivity index (χ0) is 17.6. The molecule has 3 rings (SSSR count). The van der Waals surface area contributed by atoms with E-state index in [9.17, 15) is 4.79 Å². The minimum atomic E-state index is -0.453. The molecule has 2 N–H and O–H groups in total. The third-order valence-electron chi connectivity index (χ3n) is 3.73. The van der Waals surface area contributed by atoms with Gasteiger partial charge in [-0.25, -0.2) is 4.79 Å². The van der Waals surface area contributed by atoms with Gasteiger partial charge in [-0.15, -0.1) is 5.10 Å². The summed E-state index contributed by atoms with van der Waals surface area (Å²) in [5.41, 5.74) is 0.859. The van der Waals surface area contributed by atoms with Gasteiger partial charge in [-0.05, 0) is 31.0 Å². The van der Waals surface area contributed by atoms with Crippen molar-refractivity contribution in [2.24, 2.45) is 0 Å². The molecule has 9 heteroatoms. The Labute approximate surface area is 149 Å². The summed E-state index contributed by atoms with van der Waals surface area (Å²) >= 11 is 6.16. The maximum absolute atomic E-state index is 11.6. The Hall–Kier alpha value is -2.45. The van der Waals surface area contributed by atoms with Gasteiger partial charge in [0.15, 0.2) is 5.82 Å². The van der Waals surface area contributed by atoms with E-state index in [-0.39, 0.29) is 12.1 Å². The first-order valence-electron chi connectivity index (χ1n) is 7.86. The predicted octanol–water partition coefficient (Wildman–Crippen LogP) is 2.65. The molecule has 2 aromatic rings. The second-order valence-corrected chi connectivity index (χ2v) is 5.90. The second kappa shape index (κ2) is 8.09. The van der Waals surface area contributed by atoms with Crippen molar-refractivity contribution in [2.75, 3.05) is 30.9 Å². The number of rotatable bonds is 6. The van der Waals surface area contributed by atoms with Crippen LogP contribution in [0.5, 0.6) is 0 Å². The molecule has 1 saturated heterocycles. The number of aromatic nitrogens is 3. The summed E-state index contributed by atoms with van der Waals surface area (Å²) in [6.45, 7) is 1.47. The Bertz CT molecular complexity index is 752. The average molecular weight is 364 g/mol. The van der Waals surface area contributed by atoms with Gasteiger partial charge < -0.3 is 20.1 Å². The van der Waals surface area contributed by atoms with E-state index in [1.807, 2.05) is 0 Å². The smallest absolute Gasteiger partial charge is 0.337 e. The van der Waals surface area contributed by atoms with E-state index >= 15 is 0 Å². The van der Waals surface area contributed by atoms with Crippen LogP contribution in [0.4, 0.5) is 17.5 Å². The molecule has 0 amide bonds. The fraction of sp³-hybridized carbons (Fsp3) is 0.375. The van der Waals surface area contributed by atoms with Crippen LogP contribution < -0.4 is 10.6 Å². The lowest BCUT2D eigenvalue weighted by Gasteiger charge is -2.12. The van der Waals surface area contributed by atoms with E-state index in [1.54, 1.807) is 18.2 Å². The van der Waals surface area contributed by atoms with Crippen molar-refractivity contribution in [3.8, 4) is 0 Å². The van der Waals surface area contributed by atoms with Gasteiger partial charge in [-0.3, -0.25) is 0 Å². The first-order valence-corrected chi connectivity index (χ1v) is 8.23. The molecule has 1 unspecified atom stereocenters.